The van der Waals surface area contributed by atoms with Gasteiger partial charge in [-0.15, -0.1) is 0 Å². The average Bonchev–Trinajstić information content (AvgIpc) is 3.01. The second-order valence-corrected chi connectivity index (χ2v) is 8.51. The molecule has 0 unspecified atom stereocenters. The molecule has 6 heteroatoms. The standard InChI is InChI=1S/C28H22ClN3O2/c1-18-8-2-4-10-21(18)27(33)31-20-14-15-22(23(29)16-20)28(34)32-25-12-6-3-9-19(25)17-30-24-11-5-7-13-26(24)32/h2-16,30H,17H2,1H3,(H,31,33). The van der Waals surface area contributed by atoms with Gasteiger partial charge in [0, 0.05) is 17.8 Å². The number of carbonyl (C=O) groups is 2. The minimum absolute atomic E-state index is 0.227. The predicted octanol–water partition coefficient (Wildman–Crippen LogP) is 6.80. The second-order valence-electron chi connectivity index (χ2n) is 8.10. The van der Waals surface area contributed by atoms with Crippen LogP contribution in [0.4, 0.5) is 22.7 Å². The predicted molar refractivity (Wildman–Crippen MR) is 137 cm³/mol. The summed E-state index contributed by atoms with van der Waals surface area (Å²) in [6.07, 6.45) is 0. The number of fused-ring (bicyclic) bond motifs is 2. The van der Waals surface area contributed by atoms with Gasteiger partial charge < -0.3 is 10.6 Å². The molecule has 0 saturated heterocycles. The van der Waals surface area contributed by atoms with Crippen LogP contribution in [0, 0.1) is 6.92 Å². The molecule has 0 bridgehead atoms. The molecule has 168 valence electrons. The van der Waals surface area contributed by atoms with Gasteiger partial charge in [0.1, 0.15) is 0 Å². The maximum Gasteiger partial charge on any atom is 0.264 e. The molecule has 1 aliphatic heterocycles. The first-order valence-corrected chi connectivity index (χ1v) is 11.3. The Hall–Kier alpha value is -4.09. The lowest BCUT2D eigenvalue weighted by Crippen LogP contribution is -2.26. The number of nitrogens with one attached hydrogen (secondary N) is 2. The van der Waals surface area contributed by atoms with E-state index in [2.05, 4.69) is 10.6 Å². The van der Waals surface area contributed by atoms with Crippen LogP contribution in [0.15, 0.2) is 91.0 Å². The first-order chi connectivity index (χ1) is 16.5. The molecule has 1 aliphatic rings. The van der Waals surface area contributed by atoms with Gasteiger partial charge in [0.05, 0.1) is 27.6 Å². The fraction of sp³-hybridized carbons (Fsp3) is 0.0714. The van der Waals surface area contributed by atoms with Crippen LogP contribution >= 0.6 is 11.6 Å². The summed E-state index contributed by atoms with van der Waals surface area (Å²) in [6, 6.07) is 27.8. The molecule has 0 fully saturated rings. The number of amides is 2. The normalized spacial score (nSPS) is 12.1. The molecule has 0 saturated carbocycles. The van der Waals surface area contributed by atoms with Crippen LogP contribution < -0.4 is 15.5 Å². The van der Waals surface area contributed by atoms with E-state index in [9.17, 15) is 9.59 Å². The summed E-state index contributed by atoms with van der Waals surface area (Å²) in [5, 5.41) is 6.54. The summed E-state index contributed by atoms with van der Waals surface area (Å²) in [7, 11) is 0. The number of carbonyl (C=O) groups excluding carboxylic acids is 2. The summed E-state index contributed by atoms with van der Waals surface area (Å²) in [5.74, 6) is -0.472. The number of anilines is 4. The zero-order chi connectivity index (χ0) is 23.7. The number of para-hydroxylation sites is 3. The number of halogens is 1. The topological polar surface area (TPSA) is 61.4 Å². The van der Waals surface area contributed by atoms with Gasteiger partial charge in [-0.1, -0.05) is 60.1 Å². The van der Waals surface area contributed by atoms with E-state index in [4.69, 9.17) is 11.6 Å². The molecule has 1 heterocycles. The zero-order valence-corrected chi connectivity index (χ0v) is 19.3. The Balaban J connectivity index is 1.49. The Morgan fingerprint density at radius 1 is 0.853 bits per heavy atom. The molecule has 0 spiro atoms. The third kappa shape index (κ3) is 4.02. The smallest absolute Gasteiger partial charge is 0.264 e. The summed E-state index contributed by atoms with van der Waals surface area (Å²) in [4.78, 5) is 28.2. The van der Waals surface area contributed by atoms with Crippen molar-refractivity contribution in [2.75, 3.05) is 15.5 Å². The van der Waals surface area contributed by atoms with Gasteiger partial charge in [-0.25, -0.2) is 0 Å². The molecule has 0 aromatic heterocycles. The lowest BCUT2D eigenvalue weighted by atomic mass is 10.1. The number of nitrogens with zero attached hydrogens (tertiary/aromatic N) is 1. The van der Waals surface area contributed by atoms with E-state index >= 15 is 0 Å². The molecule has 4 aromatic carbocycles. The SMILES string of the molecule is Cc1ccccc1C(=O)Nc1ccc(C(=O)N2c3ccccc3CNc3ccccc32)c(Cl)c1. The van der Waals surface area contributed by atoms with Gasteiger partial charge in [0.15, 0.2) is 0 Å². The maximum atomic E-state index is 13.8. The van der Waals surface area contributed by atoms with E-state index < -0.39 is 0 Å². The van der Waals surface area contributed by atoms with Crippen LogP contribution in [0.25, 0.3) is 0 Å². The van der Waals surface area contributed by atoms with Crippen LogP contribution in [0.2, 0.25) is 5.02 Å². The highest BCUT2D eigenvalue weighted by Crippen LogP contribution is 2.39. The third-order valence-electron chi connectivity index (χ3n) is 5.90. The van der Waals surface area contributed by atoms with Gasteiger partial charge in [0.25, 0.3) is 11.8 Å². The lowest BCUT2D eigenvalue weighted by Gasteiger charge is -2.25. The van der Waals surface area contributed by atoms with Gasteiger partial charge in [0.2, 0.25) is 0 Å². The fourth-order valence-corrected chi connectivity index (χ4v) is 4.41. The van der Waals surface area contributed by atoms with Gasteiger partial charge in [-0.2, -0.15) is 0 Å². The van der Waals surface area contributed by atoms with Crippen LogP contribution in [0.3, 0.4) is 0 Å². The van der Waals surface area contributed by atoms with Gasteiger partial charge in [-0.05, 0) is 60.5 Å². The number of benzene rings is 4. The highest BCUT2D eigenvalue weighted by atomic mass is 35.5. The van der Waals surface area contributed by atoms with E-state index in [1.165, 1.54) is 0 Å². The Bertz CT molecular complexity index is 1370. The van der Waals surface area contributed by atoms with Crippen LogP contribution in [0.1, 0.15) is 31.8 Å². The quantitative estimate of drug-likeness (QED) is 0.348. The average molecular weight is 468 g/mol. The number of hydrogen-bond acceptors (Lipinski definition) is 3. The van der Waals surface area contributed by atoms with Crippen molar-refractivity contribution < 1.29 is 9.59 Å². The second kappa shape index (κ2) is 9.04. The highest BCUT2D eigenvalue weighted by molar-refractivity contribution is 6.35. The molecule has 2 amide bonds. The van der Waals surface area contributed by atoms with Gasteiger partial charge >= 0.3 is 0 Å². The van der Waals surface area contributed by atoms with Crippen LogP contribution in [-0.2, 0) is 6.54 Å². The van der Waals surface area contributed by atoms with Crippen molar-refractivity contribution in [1.82, 2.24) is 0 Å². The summed E-state index contributed by atoms with van der Waals surface area (Å²) in [5.41, 5.74) is 5.77. The fourth-order valence-electron chi connectivity index (χ4n) is 4.15. The summed E-state index contributed by atoms with van der Waals surface area (Å²) in [6.45, 7) is 2.49. The van der Waals surface area contributed by atoms with Crippen molar-refractivity contribution in [2.45, 2.75) is 13.5 Å². The Labute approximate surface area is 203 Å². The first-order valence-electron chi connectivity index (χ1n) is 10.9. The Morgan fingerprint density at radius 3 is 2.35 bits per heavy atom. The van der Waals surface area contributed by atoms with Crippen molar-refractivity contribution in [3.8, 4) is 0 Å². The molecule has 5 nitrogen and oxygen atoms in total. The Morgan fingerprint density at radius 2 is 1.56 bits per heavy atom. The first kappa shape index (κ1) is 21.7. The molecule has 4 aromatic rings. The van der Waals surface area contributed by atoms with Crippen LogP contribution in [0.5, 0.6) is 0 Å². The van der Waals surface area contributed by atoms with E-state index in [0.717, 1.165) is 28.2 Å². The van der Waals surface area contributed by atoms with Crippen molar-refractivity contribution in [3.63, 3.8) is 0 Å². The zero-order valence-electron chi connectivity index (χ0n) is 18.5. The molecule has 0 radical (unpaired) electrons. The lowest BCUT2D eigenvalue weighted by molar-refractivity contribution is 0.0997. The third-order valence-corrected chi connectivity index (χ3v) is 6.21. The van der Waals surface area contributed by atoms with Crippen molar-refractivity contribution >= 4 is 46.2 Å². The number of hydrogen-bond donors (Lipinski definition) is 2. The molecular formula is C28H22ClN3O2. The van der Waals surface area contributed by atoms with E-state index in [-0.39, 0.29) is 16.8 Å². The molecule has 0 atom stereocenters. The summed E-state index contributed by atoms with van der Waals surface area (Å²) >= 11 is 6.58. The molecule has 5 rings (SSSR count). The minimum Gasteiger partial charge on any atom is -0.379 e. The highest BCUT2D eigenvalue weighted by Gasteiger charge is 2.28. The van der Waals surface area contributed by atoms with E-state index in [0.29, 0.717) is 23.4 Å². The largest absolute Gasteiger partial charge is 0.379 e. The minimum atomic E-state index is -0.245. The number of rotatable bonds is 3. The molecule has 34 heavy (non-hydrogen) atoms. The van der Waals surface area contributed by atoms with Crippen molar-refractivity contribution in [3.05, 3.63) is 118 Å². The summed E-state index contributed by atoms with van der Waals surface area (Å²) < 4.78 is 0. The number of aryl methyl sites for hydroxylation is 1. The van der Waals surface area contributed by atoms with E-state index in [1.54, 1.807) is 29.2 Å². The van der Waals surface area contributed by atoms with Crippen LogP contribution in [-0.4, -0.2) is 11.8 Å². The van der Waals surface area contributed by atoms with Crippen molar-refractivity contribution in [2.24, 2.45) is 0 Å². The van der Waals surface area contributed by atoms with Gasteiger partial charge in [-0.3, -0.25) is 14.5 Å². The van der Waals surface area contributed by atoms with Crippen molar-refractivity contribution in [1.29, 1.82) is 0 Å². The molecule has 2 N–H and O–H groups in total. The molecular weight excluding hydrogens is 446 g/mol. The monoisotopic (exact) mass is 467 g/mol. The maximum absolute atomic E-state index is 13.8. The molecule has 0 aliphatic carbocycles. The van der Waals surface area contributed by atoms with E-state index in [1.807, 2.05) is 73.7 Å². The Kier molecular flexibility index (Phi) is 5.78.